The number of carbonyl (C=O) groups is 1. The van der Waals surface area contributed by atoms with Gasteiger partial charge in [-0.1, -0.05) is 0 Å². The number of benzene rings is 1. The Balaban J connectivity index is 2.25. The van der Waals surface area contributed by atoms with Crippen LogP contribution in [0.3, 0.4) is 0 Å². The van der Waals surface area contributed by atoms with E-state index in [9.17, 15) is 19.2 Å². The number of aromatic nitrogens is 1. The van der Waals surface area contributed by atoms with Crippen LogP contribution in [0.4, 0.5) is 4.39 Å². The Hall–Kier alpha value is -2.82. The van der Waals surface area contributed by atoms with E-state index in [4.69, 9.17) is 0 Å². The van der Waals surface area contributed by atoms with Crippen LogP contribution in [0.15, 0.2) is 45.9 Å². The predicted octanol–water partition coefficient (Wildman–Crippen LogP) is 2.52. The summed E-state index contributed by atoms with van der Waals surface area (Å²) >= 11 is 2.63. The Labute approximate surface area is 156 Å². The number of ketones is 1. The summed E-state index contributed by atoms with van der Waals surface area (Å²) < 4.78 is 15.3. The van der Waals surface area contributed by atoms with Crippen LogP contribution in [0.25, 0.3) is 11.6 Å². The van der Waals surface area contributed by atoms with Gasteiger partial charge < -0.3 is 0 Å². The number of thiazole rings is 1. The van der Waals surface area contributed by atoms with E-state index in [2.05, 4.69) is 0 Å². The van der Waals surface area contributed by atoms with Crippen molar-refractivity contribution in [2.45, 2.75) is 13.5 Å². The summed E-state index contributed by atoms with van der Waals surface area (Å²) in [6.07, 6.45) is 1.75. The van der Waals surface area contributed by atoms with E-state index in [1.54, 1.807) is 13.0 Å². The SMILES string of the molecule is CCn1c(=O)/c(=C\c2ccsc2)s/c1=C(/C#N)C(=O)c1ccc(F)cc1. The van der Waals surface area contributed by atoms with Crippen molar-refractivity contribution in [3.05, 3.63) is 77.6 Å². The number of nitriles is 1. The molecule has 2 heterocycles. The van der Waals surface area contributed by atoms with Crippen molar-refractivity contribution in [3.8, 4) is 6.07 Å². The third-order valence-electron chi connectivity index (χ3n) is 3.72. The van der Waals surface area contributed by atoms with E-state index in [1.165, 1.54) is 40.2 Å². The highest BCUT2D eigenvalue weighted by Gasteiger charge is 2.17. The van der Waals surface area contributed by atoms with Gasteiger partial charge in [-0.05, 0) is 59.7 Å². The Morgan fingerprint density at radius 2 is 2.04 bits per heavy atom. The fourth-order valence-corrected chi connectivity index (χ4v) is 4.22. The van der Waals surface area contributed by atoms with E-state index < -0.39 is 11.6 Å². The van der Waals surface area contributed by atoms with Crippen LogP contribution in [0.2, 0.25) is 0 Å². The molecule has 0 aliphatic rings. The average Bonchev–Trinajstić information content (AvgIpc) is 3.25. The topological polar surface area (TPSA) is 62.9 Å². The molecule has 0 N–H and O–H groups in total. The third kappa shape index (κ3) is 3.43. The van der Waals surface area contributed by atoms with Gasteiger partial charge in [0.15, 0.2) is 0 Å². The minimum atomic E-state index is -0.530. The standard InChI is InChI=1S/C19H13FN2O2S2/c1-2-22-18(24)16(9-12-7-8-25-11-12)26-19(22)15(10-21)17(23)13-3-5-14(20)6-4-13/h3-9,11H,2H2,1H3/b16-9+,19-15-. The summed E-state index contributed by atoms with van der Waals surface area (Å²) in [4.78, 5) is 25.3. The summed E-state index contributed by atoms with van der Waals surface area (Å²) in [5.74, 6) is -0.993. The molecule has 1 aromatic carbocycles. The summed E-state index contributed by atoms with van der Waals surface area (Å²) in [6.45, 7) is 2.12. The monoisotopic (exact) mass is 384 g/mol. The first-order chi connectivity index (χ1) is 12.5. The smallest absolute Gasteiger partial charge is 0.269 e. The van der Waals surface area contributed by atoms with Crippen LogP contribution in [0.5, 0.6) is 0 Å². The van der Waals surface area contributed by atoms with Crippen LogP contribution in [0.1, 0.15) is 22.8 Å². The highest BCUT2D eigenvalue weighted by atomic mass is 32.1. The molecular formula is C19H13FN2O2S2. The van der Waals surface area contributed by atoms with Crippen LogP contribution in [-0.4, -0.2) is 10.4 Å². The maximum atomic E-state index is 13.1. The summed E-state index contributed by atoms with van der Waals surface area (Å²) in [7, 11) is 0. The van der Waals surface area contributed by atoms with Gasteiger partial charge in [0.1, 0.15) is 22.1 Å². The largest absolute Gasteiger partial charge is 0.298 e. The Bertz CT molecular complexity index is 1160. The fourth-order valence-electron chi connectivity index (χ4n) is 2.44. The molecule has 0 unspecified atom stereocenters. The Morgan fingerprint density at radius 3 is 2.62 bits per heavy atom. The lowest BCUT2D eigenvalue weighted by atomic mass is 10.1. The van der Waals surface area contributed by atoms with Crippen molar-refractivity contribution in [2.75, 3.05) is 0 Å². The van der Waals surface area contributed by atoms with E-state index in [0.717, 1.165) is 16.9 Å². The highest BCUT2D eigenvalue weighted by Crippen LogP contribution is 2.10. The number of hydrogen-bond acceptors (Lipinski definition) is 5. The zero-order valence-electron chi connectivity index (χ0n) is 13.7. The van der Waals surface area contributed by atoms with Gasteiger partial charge >= 0.3 is 0 Å². The number of Topliss-reactive ketones (excluding diaryl/α,β-unsaturated/α-hetero) is 1. The van der Waals surface area contributed by atoms with Gasteiger partial charge in [0, 0.05) is 12.1 Å². The fraction of sp³-hybridized carbons (Fsp3) is 0.105. The zero-order valence-corrected chi connectivity index (χ0v) is 15.4. The number of thiophene rings is 1. The quantitative estimate of drug-likeness (QED) is 0.650. The van der Waals surface area contributed by atoms with E-state index in [1.807, 2.05) is 22.9 Å². The summed E-state index contributed by atoms with van der Waals surface area (Å²) in [6, 6.07) is 8.79. The molecule has 0 radical (unpaired) electrons. The van der Waals surface area contributed by atoms with Gasteiger partial charge in [0.25, 0.3) is 5.56 Å². The molecule has 4 nitrogen and oxygen atoms in total. The van der Waals surface area contributed by atoms with Crippen LogP contribution < -0.4 is 14.8 Å². The molecule has 0 spiro atoms. The van der Waals surface area contributed by atoms with Crippen LogP contribution >= 0.6 is 22.7 Å². The summed E-state index contributed by atoms with van der Waals surface area (Å²) in [5.41, 5.74) is 0.741. The van der Waals surface area contributed by atoms with Crippen molar-refractivity contribution in [1.29, 1.82) is 5.26 Å². The van der Waals surface area contributed by atoms with E-state index in [-0.39, 0.29) is 16.7 Å². The van der Waals surface area contributed by atoms with Crippen molar-refractivity contribution in [2.24, 2.45) is 0 Å². The molecule has 3 rings (SSSR count). The third-order valence-corrected chi connectivity index (χ3v) is 5.56. The first-order valence-electron chi connectivity index (χ1n) is 7.73. The molecule has 7 heteroatoms. The van der Waals surface area contributed by atoms with Gasteiger partial charge in [0.2, 0.25) is 5.78 Å². The zero-order chi connectivity index (χ0) is 18.7. The van der Waals surface area contributed by atoms with Crippen molar-refractivity contribution in [1.82, 2.24) is 4.57 Å². The van der Waals surface area contributed by atoms with Gasteiger partial charge in [0.05, 0.1) is 4.53 Å². The molecule has 2 aromatic heterocycles. The number of rotatable bonds is 4. The van der Waals surface area contributed by atoms with Gasteiger partial charge in [-0.3, -0.25) is 14.2 Å². The van der Waals surface area contributed by atoms with Gasteiger partial charge in [-0.15, -0.1) is 11.3 Å². The van der Waals surface area contributed by atoms with Crippen LogP contribution in [0, 0.1) is 17.1 Å². The van der Waals surface area contributed by atoms with Crippen molar-refractivity contribution >= 4 is 40.1 Å². The maximum Gasteiger partial charge on any atom is 0.269 e. The molecule has 0 atom stereocenters. The lowest BCUT2D eigenvalue weighted by molar-refractivity contribution is 0.105. The normalized spacial score (nSPS) is 12.7. The second-order valence-corrected chi connectivity index (χ2v) is 7.16. The van der Waals surface area contributed by atoms with Gasteiger partial charge in [-0.25, -0.2) is 4.39 Å². The molecule has 3 aromatic rings. The summed E-state index contributed by atoms with van der Waals surface area (Å²) in [5, 5.41) is 13.4. The number of halogens is 1. The predicted molar refractivity (Wildman–Crippen MR) is 101 cm³/mol. The number of nitrogens with zero attached hydrogens (tertiary/aromatic N) is 2. The van der Waals surface area contributed by atoms with Gasteiger partial charge in [-0.2, -0.15) is 16.6 Å². The maximum absolute atomic E-state index is 13.1. The molecule has 130 valence electrons. The minimum absolute atomic E-state index is 0.120. The number of carbonyl (C=O) groups excluding carboxylic acids is 1. The number of hydrogen-bond donors (Lipinski definition) is 0. The average molecular weight is 384 g/mol. The van der Waals surface area contributed by atoms with E-state index >= 15 is 0 Å². The molecule has 26 heavy (non-hydrogen) atoms. The van der Waals surface area contributed by atoms with Crippen molar-refractivity contribution < 1.29 is 9.18 Å². The molecular weight excluding hydrogens is 371 g/mol. The first-order valence-corrected chi connectivity index (χ1v) is 9.49. The molecule has 0 amide bonds. The first kappa shape index (κ1) is 18.0. The second-order valence-electron chi connectivity index (χ2n) is 5.34. The van der Waals surface area contributed by atoms with E-state index in [0.29, 0.717) is 15.7 Å². The molecule has 0 bridgehead atoms. The second kappa shape index (κ2) is 7.60. The lowest BCUT2D eigenvalue weighted by Crippen LogP contribution is -2.32. The molecule has 0 fully saturated rings. The molecule has 0 aliphatic heterocycles. The lowest BCUT2D eigenvalue weighted by Gasteiger charge is -2.00. The Morgan fingerprint density at radius 1 is 1.31 bits per heavy atom. The van der Waals surface area contributed by atoms with Crippen molar-refractivity contribution in [3.63, 3.8) is 0 Å². The molecule has 0 saturated heterocycles. The van der Waals surface area contributed by atoms with Crippen LogP contribution in [-0.2, 0) is 6.54 Å². The highest BCUT2D eigenvalue weighted by molar-refractivity contribution is 7.08. The minimum Gasteiger partial charge on any atom is -0.298 e. The molecule has 0 saturated carbocycles. The Kier molecular flexibility index (Phi) is 5.26. The molecule has 0 aliphatic carbocycles.